The molecule has 2 aromatic rings. The molecule has 0 unspecified atom stereocenters. The first-order valence-electron chi connectivity index (χ1n) is 7.75. The Kier molecular flexibility index (Phi) is 3.81. The van der Waals surface area contributed by atoms with Crippen LogP contribution in [0.3, 0.4) is 0 Å². The SMILES string of the molecule is Cc1nc2ccccc2nc1NCC1(N(C)C)CCCC1. The number of fused-ring (bicyclic) bond motifs is 1. The van der Waals surface area contributed by atoms with Gasteiger partial charge in [0.25, 0.3) is 0 Å². The van der Waals surface area contributed by atoms with Crippen molar-refractivity contribution in [2.75, 3.05) is 26.0 Å². The first-order valence-corrected chi connectivity index (χ1v) is 7.75. The second-order valence-corrected chi connectivity index (χ2v) is 6.33. The van der Waals surface area contributed by atoms with E-state index >= 15 is 0 Å². The van der Waals surface area contributed by atoms with Gasteiger partial charge in [0, 0.05) is 12.1 Å². The molecule has 4 heteroatoms. The maximum Gasteiger partial charge on any atom is 0.148 e. The summed E-state index contributed by atoms with van der Waals surface area (Å²) >= 11 is 0. The first kappa shape index (κ1) is 14.3. The topological polar surface area (TPSA) is 41.1 Å². The van der Waals surface area contributed by atoms with Gasteiger partial charge in [-0.05, 0) is 46.0 Å². The normalized spacial score (nSPS) is 17.5. The van der Waals surface area contributed by atoms with E-state index in [1.807, 2.05) is 31.2 Å². The van der Waals surface area contributed by atoms with E-state index in [0.717, 1.165) is 29.1 Å². The molecule has 1 aromatic carbocycles. The lowest BCUT2D eigenvalue weighted by Gasteiger charge is -2.36. The van der Waals surface area contributed by atoms with Crippen molar-refractivity contribution >= 4 is 16.9 Å². The van der Waals surface area contributed by atoms with Crippen molar-refractivity contribution in [1.29, 1.82) is 0 Å². The van der Waals surface area contributed by atoms with E-state index in [4.69, 9.17) is 4.98 Å². The maximum absolute atomic E-state index is 4.73. The Balaban J connectivity index is 1.83. The van der Waals surface area contributed by atoms with Gasteiger partial charge in [0.2, 0.25) is 0 Å². The van der Waals surface area contributed by atoms with E-state index in [1.54, 1.807) is 0 Å². The monoisotopic (exact) mass is 284 g/mol. The van der Waals surface area contributed by atoms with Gasteiger partial charge in [0.15, 0.2) is 0 Å². The predicted molar refractivity (Wildman–Crippen MR) is 87.7 cm³/mol. The third kappa shape index (κ3) is 2.72. The molecule has 112 valence electrons. The largest absolute Gasteiger partial charge is 0.367 e. The number of aryl methyl sites for hydroxylation is 1. The highest BCUT2D eigenvalue weighted by atomic mass is 15.2. The Morgan fingerprint density at radius 1 is 1.10 bits per heavy atom. The number of hydrogen-bond acceptors (Lipinski definition) is 4. The van der Waals surface area contributed by atoms with Crippen molar-refractivity contribution in [2.45, 2.75) is 38.1 Å². The van der Waals surface area contributed by atoms with Crippen LogP contribution in [-0.2, 0) is 0 Å². The van der Waals surface area contributed by atoms with Crippen molar-refractivity contribution in [3.63, 3.8) is 0 Å². The molecule has 0 spiro atoms. The van der Waals surface area contributed by atoms with Gasteiger partial charge in [-0.15, -0.1) is 0 Å². The Bertz CT molecular complexity index is 630. The molecule has 3 rings (SSSR count). The van der Waals surface area contributed by atoms with Crippen LogP contribution >= 0.6 is 0 Å². The summed E-state index contributed by atoms with van der Waals surface area (Å²) in [7, 11) is 4.37. The minimum atomic E-state index is 0.264. The smallest absolute Gasteiger partial charge is 0.148 e. The third-order valence-electron chi connectivity index (χ3n) is 4.81. The van der Waals surface area contributed by atoms with Gasteiger partial charge >= 0.3 is 0 Å². The highest BCUT2D eigenvalue weighted by molar-refractivity contribution is 5.76. The highest BCUT2D eigenvalue weighted by Crippen LogP contribution is 2.34. The lowest BCUT2D eigenvalue weighted by molar-refractivity contribution is 0.172. The summed E-state index contributed by atoms with van der Waals surface area (Å²) < 4.78 is 0. The predicted octanol–water partition coefficient (Wildman–Crippen LogP) is 3.22. The second kappa shape index (κ2) is 5.60. The van der Waals surface area contributed by atoms with E-state index in [-0.39, 0.29) is 5.54 Å². The number of para-hydroxylation sites is 2. The minimum absolute atomic E-state index is 0.264. The maximum atomic E-state index is 4.73. The molecule has 0 bridgehead atoms. The Hall–Kier alpha value is -1.68. The van der Waals surface area contributed by atoms with E-state index in [1.165, 1.54) is 25.7 Å². The zero-order valence-electron chi connectivity index (χ0n) is 13.2. The van der Waals surface area contributed by atoms with Gasteiger partial charge in [0.05, 0.1) is 16.7 Å². The molecule has 0 aliphatic heterocycles. The van der Waals surface area contributed by atoms with Crippen LogP contribution in [0.4, 0.5) is 5.82 Å². The molecule has 21 heavy (non-hydrogen) atoms. The van der Waals surface area contributed by atoms with Gasteiger partial charge in [-0.2, -0.15) is 0 Å². The number of nitrogens with one attached hydrogen (secondary N) is 1. The summed E-state index contributed by atoms with van der Waals surface area (Å²) in [6.07, 6.45) is 5.16. The number of anilines is 1. The van der Waals surface area contributed by atoms with Crippen LogP contribution in [-0.4, -0.2) is 41.0 Å². The standard InChI is InChI=1S/C17H24N4/c1-13-16(20-15-9-5-4-8-14(15)19-13)18-12-17(21(2)3)10-6-7-11-17/h4-5,8-9H,6-7,10-12H2,1-3H3,(H,18,20). The van der Waals surface area contributed by atoms with Gasteiger partial charge in [-0.25, -0.2) is 9.97 Å². The number of benzene rings is 1. The van der Waals surface area contributed by atoms with E-state index in [9.17, 15) is 0 Å². The Morgan fingerprint density at radius 3 is 2.33 bits per heavy atom. The fourth-order valence-electron chi connectivity index (χ4n) is 3.32. The molecule has 4 nitrogen and oxygen atoms in total. The van der Waals surface area contributed by atoms with Crippen LogP contribution in [0, 0.1) is 6.92 Å². The fraction of sp³-hybridized carbons (Fsp3) is 0.529. The molecule has 1 saturated carbocycles. The fourth-order valence-corrected chi connectivity index (χ4v) is 3.32. The van der Waals surface area contributed by atoms with E-state index < -0.39 is 0 Å². The highest BCUT2D eigenvalue weighted by Gasteiger charge is 2.35. The summed E-state index contributed by atoms with van der Waals surface area (Å²) in [5.74, 6) is 0.918. The third-order valence-corrected chi connectivity index (χ3v) is 4.81. The number of nitrogens with zero attached hydrogens (tertiary/aromatic N) is 3. The molecule has 1 aliphatic rings. The number of rotatable bonds is 4. The molecule has 0 atom stereocenters. The van der Waals surface area contributed by atoms with Crippen LogP contribution in [0.5, 0.6) is 0 Å². The van der Waals surface area contributed by atoms with Crippen LogP contribution in [0.15, 0.2) is 24.3 Å². The number of hydrogen-bond donors (Lipinski definition) is 1. The average molecular weight is 284 g/mol. The minimum Gasteiger partial charge on any atom is -0.367 e. The lowest BCUT2D eigenvalue weighted by Crippen LogP contribution is -2.47. The van der Waals surface area contributed by atoms with Crippen LogP contribution in [0.25, 0.3) is 11.0 Å². The zero-order chi connectivity index (χ0) is 14.9. The molecular formula is C17H24N4. The molecule has 1 heterocycles. The van der Waals surface area contributed by atoms with Gasteiger partial charge in [-0.3, -0.25) is 0 Å². The zero-order valence-corrected chi connectivity index (χ0v) is 13.2. The van der Waals surface area contributed by atoms with Crippen molar-refractivity contribution in [3.05, 3.63) is 30.0 Å². The van der Waals surface area contributed by atoms with Crippen LogP contribution < -0.4 is 5.32 Å². The molecule has 1 aliphatic carbocycles. The van der Waals surface area contributed by atoms with Crippen molar-refractivity contribution in [2.24, 2.45) is 0 Å². The van der Waals surface area contributed by atoms with Crippen LogP contribution in [0.1, 0.15) is 31.4 Å². The molecule has 1 aromatic heterocycles. The molecule has 0 saturated heterocycles. The average Bonchev–Trinajstić information content (AvgIpc) is 2.95. The van der Waals surface area contributed by atoms with Gasteiger partial charge in [0.1, 0.15) is 5.82 Å². The molecular weight excluding hydrogens is 260 g/mol. The summed E-state index contributed by atoms with van der Waals surface area (Å²) in [4.78, 5) is 11.8. The number of aromatic nitrogens is 2. The molecule has 0 radical (unpaired) electrons. The van der Waals surface area contributed by atoms with Crippen molar-refractivity contribution < 1.29 is 0 Å². The Morgan fingerprint density at radius 2 is 1.71 bits per heavy atom. The molecule has 0 amide bonds. The van der Waals surface area contributed by atoms with Crippen LogP contribution in [0.2, 0.25) is 0 Å². The van der Waals surface area contributed by atoms with Gasteiger partial charge in [-0.1, -0.05) is 25.0 Å². The second-order valence-electron chi connectivity index (χ2n) is 6.33. The van der Waals surface area contributed by atoms with E-state index in [2.05, 4.69) is 29.3 Å². The lowest BCUT2D eigenvalue weighted by atomic mass is 9.96. The Labute approximate surface area is 126 Å². The summed E-state index contributed by atoms with van der Waals surface area (Å²) in [5, 5.41) is 3.55. The molecule has 1 N–H and O–H groups in total. The number of likely N-dealkylation sites (N-methyl/N-ethyl adjacent to an activating group) is 1. The van der Waals surface area contributed by atoms with Gasteiger partial charge < -0.3 is 10.2 Å². The summed E-state index contributed by atoms with van der Waals surface area (Å²) in [6.45, 7) is 2.96. The first-order chi connectivity index (χ1) is 10.1. The van der Waals surface area contributed by atoms with Crippen molar-refractivity contribution in [3.8, 4) is 0 Å². The van der Waals surface area contributed by atoms with E-state index in [0.29, 0.717) is 0 Å². The quantitative estimate of drug-likeness (QED) is 0.936. The summed E-state index contributed by atoms with van der Waals surface area (Å²) in [6, 6.07) is 8.04. The summed E-state index contributed by atoms with van der Waals surface area (Å²) in [5.41, 5.74) is 3.15. The molecule has 1 fully saturated rings. The van der Waals surface area contributed by atoms with Crippen molar-refractivity contribution in [1.82, 2.24) is 14.9 Å².